The summed E-state index contributed by atoms with van der Waals surface area (Å²) in [4.78, 5) is 0. The zero-order chi connectivity index (χ0) is 12.0. The summed E-state index contributed by atoms with van der Waals surface area (Å²) in [6.07, 6.45) is 1.02. The van der Waals surface area contributed by atoms with Crippen molar-refractivity contribution in [1.29, 1.82) is 0 Å². The topological polar surface area (TPSA) is 21.3 Å². The van der Waals surface area contributed by atoms with Gasteiger partial charge in [-0.15, -0.1) is 0 Å². The van der Waals surface area contributed by atoms with Crippen LogP contribution in [-0.2, 0) is 4.74 Å². The normalized spacial score (nSPS) is 14.8. The molecule has 3 heteroatoms. The third-order valence-electron chi connectivity index (χ3n) is 2.66. The highest BCUT2D eigenvalue weighted by Crippen LogP contribution is 2.16. The largest absolute Gasteiger partial charge is 0.385 e. The number of nitrogens with one attached hydrogen (secondary N) is 1. The molecule has 16 heavy (non-hydrogen) atoms. The highest BCUT2D eigenvalue weighted by molar-refractivity contribution is 6.30. The number of benzene rings is 1. The summed E-state index contributed by atoms with van der Waals surface area (Å²) >= 11 is 5.85. The lowest BCUT2D eigenvalue weighted by Crippen LogP contribution is -2.29. The molecule has 1 rings (SSSR count). The Morgan fingerprint density at radius 1 is 1.25 bits per heavy atom. The first kappa shape index (κ1) is 13.5. The van der Waals surface area contributed by atoms with Gasteiger partial charge < -0.3 is 10.1 Å². The van der Waals surface area contributed by atoms with Crippen LogP contribution in [0.25, 0.3) is 0 Å². The van der Waals surface area contributed by atoms with Gasteiger partial charge in [0, 0.05) is 30.8 Å². The summed E-state index contributed by atoms with van der Waals surface area (Å²) in [6, 6.07) is 8.75. The van der Waals surface area contributed by atoms with E-state index in [9.17, 15) is 0 Å². The van der Waals surface area contributed by atoms with Crippen molar-refractivity contribution in [3.05, 3.63) is 34.9 Å². The van der Waals surface area contributed by atoms with Gasteiger partial charge in [0.2, 0.25) is 0 Å². The van der Waals surface area contributed by atoms with Gasteiger partial charge in [-0.2, -0.15) is 0 Å². The van der Waals surface area contributed by atoms with E-state index >= 15 is 0 Å². The highest BCUT2D eigenvalue weighted by Gasteiger charge is 2.08. The van der Waals surface area contributed by atoms with Gasteiger partial charge in [0.25, 0.3) is 0 Å². The van der Waals surface area contributed by atoms with Crippen molar-refractivity contribution in [3.63, 3.8) is 0 Å². The molecule has 0 saturated heterocycles. The first-order chi connectivity index (χ1) is 7.63. The molecule has 0 heterocycles. The Labute approximate surface area is 103 Å². The molecule has 0 aliphatic heterocycles. The fourth-order valence-corrected chi connectivity index (χ4v) is 1.78. The Balaban J connectivity index is 2.45. The van der Waals surface area contributed by atoms with Gasteiger partial charge in [-0.25, -0.2) is 0 Å². The summed E-state index contributed by atoms with van der Waals surface area (Å²) in [6.45, 7) is 5.12. The van der Waals surface area contributed by atoms with Gasteiger partial charge in [-0.3, -0.25) is 0 Å². The molecule has 2 nitrogen and oxygen atoms in total. The lowest BCUT2D eigenvalue weighted by atomic mass is 10.1. The van der Waals surface area contributed by atoms with Crippen LogP contribution < -0.4 is 5.32 Å². The molecule has 0 fully saturated rings. The van der Waals surface area contributed by atoms with Gasteiger partial charge in [-0.1, -0.05) is 23.7 Å². The van der Waals surface area contributed by atoms with E-state index in [1.54, 1.807) is 7.11 Å². The number of methoxy groups -OCH3 is 1. The Morgan fingerprint density at radius 2 is 1.88 bits per heavy atom. The average Bonchev–Trinajstić information content (AvgIpc) is 2.27. The maximum Gasteiger partial charge on any atom is 0.0476 e. The number of hydrogen-bond acceptors (Lipinski definition) is 2. The van der Waals surface area contributed by atoms with Crippen LogP contribution in [0.4, 0.5) is 0 Å². The minimum atomic E-state index is 0.337. The number of hydrogen-bond donors (Lipinski definition) is 1. The standard InChI is InChI=1S/C13H20ClNO/c1-10(8-9-16-3)15-11(2)12-4-6-13(14)7-5-12/h4-7,10-11,15H,8-9H2,1-3H3/t10?,11-/m0/s1. The summed E-state index contributed by atoms with van der Waals surface area (Å²) < 4.78 is 5.06. The van der Waals surface area contributed by atoms with Crippen molar-refractivity contribution in [2.45, 2.75) is 32.4 Å². The predicted octanol–water partition coefficient (Wildman–Crippen LogP) is 3.42. The van der Waals surface area contributed by atoms with E-state index in [-0.39, 0.29) is 0 Å². The van der Waals surface area contributed by atoms with Crippen molar-refractivity contribution in [3.8, 4) is 0 Å². The molecule has 0 aliphatic carbocycles. The van der Waals surface area contributed by atoms with E-state index in [0.717, 1.165) is 18.1 Å². The predicted molar refractivity (Wildman–Crippen MR) is 69.0 cm³/mol. The van der Waals surface area contributed by atoms with Crippen LogP contribution >= 0.6 is 11.6 Å². The molecule has 0 radical (unpaired) electrons. The van der Waals surface area contributed by atoms with Gasteiger partial charge >= 0.3 is 0 Å². The minimum Gasteiger partial charge on any atom is -0.385 e. The molecule has 1 unspecified atom stereocenters. The van der Waals surface area contributed by atoms with Crippen LogP contribution in [0.3, 0.4) is 0 Å². The summed E-state index contributed by atoms with van der Waals surface area (Å²) in [5.41, 5.74) is 1.26. The first-order valence-corrected chi connectivity index (χ1v) is 6.01. The molecule has 0 aromatic heterocycles. The van der Waals surface area contributed by atoms with Crippen molar-refractivity contribution in [2.75, 3.05) is 13.7 Å². The first-order valence-electron chi connectivity index (χ1n) is 5.64. The quantitative estimate of drug-likeness (QED) is 0.824. The lowest BCUT2D eigenvalue weighted by Gasteiger charge is -2.20. The smallest absolute Gasteiger partial charge is 0.0476 e. The van der Waals surface area contributed by atoms with E-state index in [1.165, 1.54) is 5.56 Å². The SMILES string of the molecule is COCCC(C)N[C@@H](C)c1ccc(Cl)cc1. The Hall–Kier alpha value is -0.570. The Bertz CT molecular complexity index is 299. The number of halogens is 1. The molecule has 0 bridgehead atoms. The molecule has 1 aromatic carbocycles. The maximum absolute atomic E-state index is 5.85. The molecular formula is C13H20ClNO. The lowest BCUT2D eigenvalue weighted by molar-refractivity contribution is 0.183. The van der Waals surface area contributed by atoms with E-state index < -0.39 is 0 Å². The second-order valence-electron chi connectivity index (χ2n) is 4.12. The molecule has 1 N–H and O–H groups in total. The third kappa shape index (κ3) is 4.52. The molecule has 0 saturated carbocycles. The van der Waals surface area contributed by atoms with Gasteiger partial charge in [0.05, 0.1) is 0 Å². The average molecular weight is 242 g/mol. The van der Waals surface area contributed by atoms with Crippen LogP contribution in [0.1, 0.15) is 31.9 Å². The summed E-state index contributed by atoms with van der Waals surface area (Å²) in [5, 5.41) is 4.31. The minimum absolute atomic E-state index is 0.337. The fraction of sp³-hybridized carbons (Fsp3) is 0.538. The second-order valence-corrected chi connectivity index (χ2v) is 4.56. The van der Waals surface area contributed by atoms with Gasteiger partial charge in [-0.05, 0) is 38.0 Å². The third-order valence-corrected chi connectivity index (χ3v) is 2.91. The zero-order valence-corrected chi connectivity index (χ0v) is 10.9. The fourth-order valence-electron chi connectivity index (χ4n) is 1.65. The van der Waals surface area contributed by atoms with E-state index in [2.05, 4.69) is 31.3 Å². The maximum atomic E-state index is 5.85. The van der Waals surface area contributed by atoms with E-state index in [4.69, 9.17) is 16.3 Å². The molecule has 0 amide bonds. The molecule has 1 aromatic rings. The number of rotatable bonds is 6. The van der Waals surface area contributed by atoms with Crippen LogP contribution in [0, 0.1) is 0 Å². The van der Waals surface area contributed by atoms with Crippen LogP contribution in [0.2, 0.25) is 5.02 Å². The van der Waals surface area contributed by atoms with Crippen LogP contribution in [0.5, 0.6) is 0 Å². The highest BCUT2D eigenvalue weighted by atomic mass is 35.5. The Morgan fingerprint density at radius 3 is 2.44 bits per heavy atom. The van der Waals surface area contributed by atoms with Crippen molar-refractivity contribution >= 4 is 11.6 Å². The van der Waals surface area contributed by atoms with Crippen molar-refractivity contribution < 1.29 is 4.74 Å². The van der Waals surface area contributed by atoms with Crippen LogP contribution in [-0.4, -0.2) is 19.8 Å². The van der Waals surface area contributed by atoms with Crippen molar-refractivity contribution in [2.24, 2.45) is 0 Å². The monoisotopic (exact) mass is 241 g/mol. The van der Waals surface area contributed by atoms with E-state index in [0.29, 0.717) is 12.1 Å². The number of ether oxygens (including phenoxy) is 1. The summed E-state index contributed by atoms with van der Waals surface area (Å²) in [5.74, 6) is 0. The Kier molecular flexibility index (Phi) is 5.81. The molecule has 2 atom stereocenters. The van der Waals surface area contributed by atoms with E-state index in [1.807, 2.05) is 12.1 Å². The summed E-state index contributed by atoms with van der Waals surface area (Å²) in [7, 11) is 1.73. The molecule has 90 valence electrons. The van der Waals surface area contributed by atoms with Gasteiger partial charge in [0.15, 0.2) is 0 Å². The molecule has 0 spiro atoms. The zero-order valence-electron chi connectivity index (χ0n) is 10.2. The van der Waals surface area contributed by atoms with Gasteiger partial charge in [0.1, 0.15) is 0 Å². The van der Waals surface area contributed by atoms with Crippen molar-refractivity contribution in [1.82, 2.24) is 5.32 Å². The molecule has 0 aliphatic rings. The molecular weight excluding hydrogens is 222 g/mol. The second kappa shape index (κ2) is 6.89. The van der Waals surface area contributed by atoms with Crippen LogP contribution in [0.15, 0.2) is 24.3 Å².